The molecule has 0 saturated carbocycles. The number of nitrogens with zero attached hydrogens (tertiary/aromatic N) is 1. The Balaban J connectivity index is 1.74. The third-order valence-corrected chi connectivity index (χ3v) is 7.67. The van der Waals surface area contributed by atoms with Gasteiger partial charge in [0.1, 0.15) is 0 Å². The number of sulfonamides is 1. The van der Waals surface area contributed by atoms with Crippen molar-refractivity contribution in [3.63, 3.8) is 0 Å². The summed E-state index contributed by atoms with van der Waals surface area (Å²) in [5, 5.41) is 3.04. The molecule has 0 fully saturated rings. The molecule has 31 heavy (non-hydrogen) atoms. The number of anilines is 1. The zero-order chi connectivity index (χ0) is 22.4. The van der Waals surface area contributed by atoms with E-state index in [4.69, 9.17) is 0 Å². The summed E-state index contributed by atoms with van der Waals surface area (Å²) in [4.78, 5) is 13.9. The number of benzene rings is 3. The lowest BCUT2D eigenvalue weighted by atomic mass is 10.0. The molecule has 0 aliphatic rings. The van der Waals surface area contributed by atoms with E-state index in [1.165, 1.54) is 11.4 Å². The van der Waals surface area contributed by atoms with Crippen LogP contribution in [0.3, 0.4) is 0 Å². The first-order valence-corrected chi connectivity index (χ1v) is 12.6. The first-order chi connectivity index (χ1) is 14.9. The molecule has 0 radical (unpaired) electrons. The van der Waals surface area contributed by atoms with Crippen LogP contribution in [0.5, 0.6) is 0 Å². The second kappa shape index (κ2) is 10.0. The van der Waals surface area contributed by atoms with Crippen molar-refractivity contribution in [2.75, 3.05) is 17.6 Å². The van der Waals surface area contributed by atoms with Gasteiger partial charge in [-0.3, -0.25) is 9.10 Å². The van der Waals surface area contributed by atoms with Gasteiger partial charge < -0.3 is 5.32 Å². The monoisotopic (exact) mass is 454 g/mol. The van der Waals surface area contributed by atoms with Crippen LogP contribution in [0, 0.1) is 0 Å². The van der Waals surface area contributed by atoms with Crippen molar-refractivity contribution in [2.24, 2.45) is 0 Å². The Hall–Kier alpha value is -2.77. The van der Waals surface area contributed by atoms with Gasteiger partial charge in [-0.1, -0.05) is 37.3 Å². The average Bonchev–Trinajstić information content (AvgIpc) is 2.82. The lowest BCUT2D eigenvalue weighted by Gasteiger charge is -2.20. The average molecular weight is 455 g/mol. The highest BCUT2D eigenvalue weighted by molar-refractivity contribution is 7.98. The fourth-order valence-corrected chi connectivity index (χ4v) is 4.82. The van der Waals surface area contributed by atoms with Crippen LogP contribution >= 0.6 is 11.8 Å². The third-order valence-electron chi connectivity index (χ3n) is 5.13. The summed E-state index contributed by atoms with van der Waals surface area (Å²) in [5.74, 6) is -0.194. The maximum atomic E-state index is 12.9. The van der Waals surface area contributed by atoms with Gasteiger partial charge in [-0.05, 0) is 66.8 Å². The lowest BCUT2D eigenvalue weighted by Crippen LogP contribution is -2.28. The van der Waals surface area contributed by atoms with Crippen molar-refractivity contribution in [1.82, 2.24) is 5.32 Å². The number of carbonyl (C=O) groups excluding carboxylic acids is 1. The van der Waals surface area contributed by atoms with E-state index in [0.717, 1.165) is 16.9 Å². The predicted molar refractivity (Wildman–Crippen MR) is 127 cm³/mol. The summed E-state index contributed by atoms with van der Waals surface area (Å²) < 4.78 is 27.1. The maximum Gasteiger partial charge on any atom is 0.264 e. The van der Waals surface area contributed by atoms with Gasteiger partial charge in [0, 0.05) is 17.5 Å². The molecule has 3 aromatic carbocycles. The number of hydrogen-bond donors (Lipinski definition) is 1. The Kier molecular flexibility index (Phi) is 7.41. The second-order valence-electron chi connectivity index (χ2n) is 7.04. The zero-order valence-electron chi connectivity index (χ0n) is 17.8. The van der Waals surface area contributed by atoms with Gasteiger partial charge in [-0.2, -0.15) is 0 Å². The molecule has 0 saturated heterocycles. The Morgan fingerprint density at radius 2 is 1.58 bits per heavy atom. The normalized spacial score (nSPS) is 12.2. The summed E-state index contributed by atoms with van der Waals surface area (Å²) in [6.07, 6.45) is 2.71. The number of nitrogens with one attached hydrogen (secondary N) is 1. The van der Waals surface area contributed by atoms with Crippen LogP contribution < -0.4 is 9.62 Å². The standard InChI is InChI=1S/C24H26N2O3S2/c1-4-23(18-8-6-5-7-9-18)25-24(27)19-10-12-20(13-11-19)26(2)31(28,29)22-16-14-21(30-3)15-17-22/h5-17,23H,4H2,1-3H3,(H,25,27)/t23-/m0/s1. The largest absolute Gasteiger partial charge is 0.345 e. The molecule has 0 heterocycles. The Labute approximate surface area is 188 Å². The molecule has 1 atom stereocenters. The summed E-state index contributed by atoms with van der Waals surface area (Å²) >= 11 is 1.56. The van der Waals surface area contributed by atoms with Gasteiger partial charge in [0.15, 0.2) is 0 Å². The van der Waals surface area contributed by atoms with Crippen molar-refractivity contribution in [2.45, 2.75) is 29.2 Å². The molecule has 0 unspecified atom stereocenters. The number of rotatable bonds is 8. The van der Waals surface area contributed by atoms with E-state index < -0.39 is 10.0 Å². The quantitative estimate of drug-likeness (QED) is 0.480. The van der Waals surface area contributed by atoms with E-state index in [1.54, 1.807) is 60.3 Å². The Morgan fingerprint density at radius 3 is 2.13 bits per heavy atom. The highest BCUT2D eigenvalue weighted by Gasteiger charge is 2.22. The van der Waals surface area contributed by atoms with Crippen molar-refractivity contribution < 1.29 is 13.2 Å². The van der Waals surface area contributed by atoms with Crippen LogP contribution in [0.1, 0.15) is 35.3 Å². The number of thioether (sulfide) groups is 1. The van der Waals surface area contributed by atoms with Crippen molar-refractivity contribution in [1.29, 1.82) is 0 Å². The SMILES string of the molecule is CC[C@H](NC(=O)c1ccc(N(C)S(=O)(=O)c2ccc(SC)cc2)cc1)c1ccccc1. The topological polar surface area (TPSA) is 66.5 Å². The van der Waals surface area contributed by atoms with E-state index in [0.29, 0.717) is 11.3 Å². The highest BCUT2D eigenvalue weighted by Crippen LogP contribution is 2.25. The van der Waals surface area contributed by atoms with Crippen LogP contribution in [-0.2, 0) is 10.0 Å². The van der Waals surface area contributed by atoms with Gasteiger partial charge in [-0.25, -0.2) is 8.42 Å². The van der Waals surface area contributed by atoms with E-state index in [1.807, 2.05) is 43.5 Å². The van der Waals surface area contributed by atoms with E-state index in [9.17, 15) is 13.2 Å². The third kappa shape index (κ3) is 5.29. The van der Waals surface area contributed by atoms with E-state index in [-0.39, 0.29) is 16.8 Å². The number of carbonyl (C=O) groups is 1. The predicted octanol–water partition coefficient (Wildman–Crippen LogP) is 5.11. The number of amides is 1. The molecule has 0 aromatic heterocycles. The summed E-state index contributed by atoms with van der Waals surface area (Å²) in [6.45, 7) is 2.02. The molecule has 1 N–H and O–H groups in total. The van der Waals surface area contributed by atoms with E-state index >= 15 is 0 Å². The van der Waals surface area contributed by atoms with Crippen LogP contribution in [0.25, 0.3) is 0 Å². The fourth-order valence-electron chi connectivity index (χ4n) is 3.22. The fraction of sp³-hybridized carbons (Fsp3) is 0.208. The smallest absolute Gasteiger partial charge is 0.264 e. The molecular formula is C24H26N2O3S2. The lowest BCUT2D eigenvalue weighted by molar-refractivity contribution is 0.0935. The molecule has 0 bridgehead atoms. The summed E-state index contributed by atoms with van der Waals surface area (Å²) in [5.41, 5.74) is 2.02. The maximum absolute atomic E-state index is 12.9. The summed E-state index contributed by atoms with van der Waals surface area (Å²) in [7, 11) is -2.18. The minimum Gasteiger partial charge on any atom is -0.345 e. The second-order valence-corrected chi connectivity index (χ2v) is 9.89. The van der Waals surface area contributed by atoms with Crippen LogP contribution in [0.4, 0.5) is 5.69 Å². The van der Waals surface area contributed by atoms with Gasteiger partial charge in [0.25, 0.3) is 15.9 Å². The highest BCUT2D eigenvalue weighted by atomic mass is 32.2. The van der Waals surface area contributed by atoms with Gasteiger partial charge >= 0.3 is 0 Å². The molecule has 3 rings (SSSR count). The molecule has 7 heteroatoms. The van der Waals surface area contributed by atoms with Crippen LogP contribution in [0.15, 0.2) is 88.7 Å². The van der Waals surface area contributed by atoms with Gasteiger partial charge in [0.2, 0.25) is 0 Å². The van der Waals surface area contributed by atoms with Crippen molar-refractivity contribution in [3.05, 3.63) is 90.0 Å². The Morgan fingerprint density at radius 1 is 0.968 bits per heavy atom. The molecule has 3 aromatic rings. The molecule has 5 nitrogen and oxygen atoms in total. The first-order valence-electron chi connectivity index (χ1n) is 9.95. The Bertz CT molecular complexity index is 1110. The van der Waals surface area contributed by atoms with Gasteiger partial charge in [-0.15, -0.1) is 11.8 Å². The molecular weight excluding hydrogens is 428 g/mol. The molecule has 1 amide bonds. The zero-order valence-corrected chi connectivity index (χ0v) is 19.4. The molecule has 0 spiro atoms. The minimum absolute atomic E-state index is 0.0827. The molecule has 0 aliphatic heterocycles. The van der Waals surface area contributed by atoms with Crippen molar-refractivity contribution in [3.8, 4) is 0 Å². The first kappa shape index (κ1) is 22.9. The summed E-state index contributed by atoms with van der Waals surface area (Å²) in [6, 6.07) is 23.1. The minimum atomic E-state index is -3.69. The van der Waals surface area contributed by atoms with Gasteiger partial charge in [0.05, 0.1) is 16.6 Å². The van der Waals surface area contributed by atoms with E-state index in [2.05, 4.69) is 5.32 Å². The molecule has 0 aliphatic carbocycles. The van der Waals surface area contributed by atoms with Crippen LogP contribution in [-0.4, -0.2) is 27.6 Å². The van der Waals surface area contributed by atoms with Crippen molar-refractivity contribution >= 4 is 33.4 Å². The molecule has 162 valence electrons. The van der Waals surface area contributed by atoms with Crippen LogP contribution in [0.2, 0.25) is 0 Å². The number of hydrogen-bond acceptors (Lipinski definition) is 4.